The fourth-order valence-corrected chi connectivity index (χ4v) is 2.35. The summed E-state index contributed by atoms with van der Waals surface area (Å²) in [6.45, 7) is 2.73. The summed E-state index contributed by atoms with van der Waals surface area (Å²) >= 11 is 5.40. The quantitative estimate of drug-likeness (QED) is 0.849. The van der Waals surface area contributed by atoms with Crippen LogP contribution >= 0.6 is 12.2 Å². The van der Waals surface area contributed by atoms with Gasteiger partial charge in [-0.1, -0.05) is 18.2 Å². The van der Waals surface area contributed by atoms with Gasteiger partial charge in [-0.25, -0.2) is 0 Å². The molecule has 1 heterocycles. The topological polar surface area (TPSA) is 24.5 Å². The van der Waals surface area contributed by atoms with Crippen molar-refractivity contribution in [2.45, 2.75) is 12.8 Å². The molecule has 1 unspecified atom stereocenters. The lowest BCUT2D eigenvalue weighted by Crippen LogP contribution is -2.37. The van der Waals surface area contributed by atoms with E-state index in [4.69, 9.17) is 17.0 Å². The third kappa shape index (κ3) is 3.96. The molecule has 0 radical (unpaired) electrons. The Morgan fingerprint density at radius 1 is 1.44 bits per heavy atom. The van der Waals surface area contributed by atoms with Crippen LogP contribution in [0.2, 0.25) is 0 Å². The Hall–Kier alpha value is -1.13. The molecule has 1 atom stereocenters. The normalized spacial score (nSPS) is 19.3. The van der Waals surface area contributed by atoms with Gasteiger partial charge in [0, 0.05) is 25.9 Å². The van der Waals surface area contributed by atoms with Crippen molar-refractivity contribution < 1.29 is 4.74 Å². The minimum Gasteiger partial charge on any atom is -0.381 e. The van der Waals surface area contributed by atoms with Crippen LogP contribution < -0.4 is 5.32 Å². The zero-order valence-electron chi connectivity index (χ0n) is 10.8. The molecule has 1 aromatic carbocycles. The number of para-hydroxylation sites is 1. The highest BCUT2D eigenvalue weighted by Crippen LogP contribution is 2.15. The van der Waals surface area contributed by atoms with Gasteiger partial charge in [0.2, 0.25) is 0 Å². The van der Waals surface area contributed by atoms with Crippen molar-refractivity contribution in [1.82, 2.24) is 4.90 Å². The lowest BCUT2D eigenvalue weighted by Gasteiger charge is -2.28. The fraction of sp³-hybridized carbons (Fsp3) is 0.500. The van der Waals surface area contributed by atoms with Crippen LogP contribution in [0.15, 0.2) is 30.3 Å². The maximum absolute atomic E-state index is 5.49. The molecule has 18 heavy (non-hydrogen) atoms. The van der Waals surface area contributed by atoms with Gasteiger partial charge in [-0.2, -0.15) is 0 Å². The molecule has 98 valence electrons. The molecule has 3 nitrogen and oxygen atoms in total. The smallest absolute Gasteiger partial charge is 0.173 e. The molecule has 0 aliphatic carbocycles. The maximum atomic E-state index is 5.49. The van der Waals surface area contributed by atoms with Crippen molar-refractivity contribution in [3.8, 4) is 0 Å². The van der Waals surface area contributed by atoms with E-state index >= 15 is 0 Å². The first-order valence-corrected chi connectivity index (χ1v) is 6.81. The van der Waals surface area contributed by atoms with Crippen molar-refractivity contribution >= 4 is 23.0 Å². The molecule has 1 saturated heterocycles. The minimum atomic E-state index is 0.597. The van der Waals surface area contributed by atoms with Crippen LogP contribution in [-0.4, -0.2) is 36.8 Å². The van der Waals surface area contributed by atoms with E-state index in [1.807, 2.05) is 37.4 Å². The Balaban J connectivity index is 1.81. The molecule has 1 aromatic rings. The van der Waals surface area contributed by atoms with Gasteiger partial charge in [-0.05, 0) is 43.1 Å². The second kappa shape index (κ2) is 6.71. The van der Waals surface area contributed by atoms with Crippen LogP contribution in [0.1, 0.15) is 12.8 Å². The molecule has 1 aliphatic heterocycles. The van der Waals surface area contributed by atoms with Crippen molar-refractivity contribution in [2.24, 2.45) is 5.92 Å². The summed E-state index contributed by atoms with van der Waals surface area (Å²) in [5.74, 6) is 0.597. The Labute approximate surface area is 114 Å². The molecule has 2 rings (SSSR count). The molecule has 1 aliphatic rings. The van der Waals surface area contributed by atoms with Gasteiger partial charge < -0.3 is 15.0 Å². The zero-order chi connectivity index (χ0) is 12.8. The molecule has 0 spiro atoms. The number of rotatable bonds is 3. The van der Waals surface area contributed by atoms with Crippen molar-refractivity contribution in [1.29, 1.82) is 0 Å². The van der Waals surface area contributed by atoms with Gasteiger partial charge in [-0.3, -0.25) is 0 Å². The summed E-state index contributed by atoms with van der Waals surface area (Å²) in [5.41, 5.74) is 1.04. The highest BCUT2D eigenvalue weighted by Gasteiger charge is 2.17. The number of nitrogens with zero attached hydrogens (tertiary/aromatic N) is 1. The number of ether oxygens (including phenoxy) is 1. The van der Waals surface area contributed by atoms with E-state index in [1.54, 1.807) is 0 Å². The number of anilines is 1. The number of hydrogen-bond acceptors (Lipinski definition) is 2. The average Bonchev–Trinajstić information content (AvgIpc) is 2.41. The predicted octanol–water partition coefficient (Wildman–Crippen LogP) is 2.74. The summed E-state index contributed by atoms with van der Waals surface area (Å²) in [7, 11) is 2.03. The Kier molecular flexibility index (Phi) is 4.96. The first kappa shape index (κ1) is 13.3. The molecule has 1 N–H and O–H groups in total. The van der Waals surface area contributed by atoms with E-state index in [0.29, 0.717) is 5.92 Å². The third-order valence-electron chi connectivity index (χ3n) is 3.16. The van der Waals surface area contributed by atoms with E-state index in [-0.39, 0.29) is 0 Å². The second-order valence-electron chi connectivity index (χ2n) is 4.76. The Morgan fingerprint density at radius 3 is 2.89 bits per heavy atom. The van der Waals surface area contributed by atoms with E-state index in [2.05, 4.69) is 10.2 Å². The molecule has 1 fully saturated rings. The van der Waals surface area contributed by atoms with Crippen LogP contribution in [-0.2, 0) is 4.74 Å². The summed E-state index contributed by atoms with van der Waals surface area (Å²) in [5, 5.41) is 4.02. The lowest BCUT2D eigenvalue weighted by atomic mass is 10.0. The lowest BCUT2D eigenvalue weighted by molar-refractivity contribution is 0.0487. The summed E-state index contributed by atoms with van der Waals surface area (Å²) in [4.78, 5) is 2.10. The minimum absolute atomic E-state index is 0.597. The van der Waals surface area contributed by atoms with Crippen molar-refractivity contribution in [3.05, 3.63) is 30.3 Å². The first-order valence-electron chi connectivity index (χ1n) is 6.40. The third-order valence-corrected chi connectivity index (χ3v) is 3.57. The Morgan fingerprint density at radius 2 is 2.22 bits per heavy atom. The van der Waals surface area contributed by atoms with E-state index in [1.165, 1.54) is 6.42 Å². The second-order valence-corrected chi connectivity index (χ2v) is 5.15. The van der Waals surface area contributed by atoms with Gasteiger partial charge >= 0.3 is 0 Å². The molecular weight excluding hydrogens is 244 g/mol. The number of benzene rings is 1. The molecule has 0 amide bonds. The highest BCUT2D eigenvalue weighted by atomic mass is 32.1. The maximum Gasteiger partial charge on any atom is 0.173 e. The Bertz CT molecular complexity index is 377. The predicted molar refractivity (Wildman–Crippen MR) is 78.8 cm³/mol. The fourth-order valence-electron chi connectivity index (χ4n) is 2.16. The highest BCUT2D eigenvalue weighted by molar-refractivity contribution is 7.80. The van der Waals surface area contributed by atoms with Crippen LogP contribution in [0.3, 0.4) is 0 Å². The van der Waals surface area contributed by atoms with E-state index in [0.717, 1.165) is 37.0 Å². The average molecular weight is 264 g/mol. The molecular formula is C14H20N2OS. The summed E-state index contributed by atoms with van der Waals surface area (Å²) in [6, 6.07) is 10.0. The van der Waals surface area contributed by atoms with Crippen LogP contribution in [0, 0.1) is 5.92 Å². The van der Waals surface area contributed by atoms with Crippen molar-refractivity contribution in [2.75, 3.05) is 32.1 Å². The van der Waals surface area contributed by atoms with Crippen LogP contribution in [0.4, 0.5) is 5.69 Å². The monoisotopic (exact) mass is 264 g/mol. The van der Waals surface area contributed by atoms with Gasteiger partial charge in [0.05, 0.1) is 6.61 Å². The summed E-state index contributed by atoms with van der Waals surface area (Å²) in [6.07, 6.45) is 2.40. The van der Waals surface area contributed by atoms with Crippen molar-refractivity contribution in [3.63, 3.8) is 0 Å². The summed E-state index contributed by atoms with van der Waals surface area (Å²) < 4.78 is 5.49. The molecule has 0 aromatic heterocycles. The number of nitrogens with one attached hydrogen (secondary N) is 1. The van der Waals surface area contributed by atoms with Crippen LogP contribution in [0.5, 0.6) is 0 Å². The number of hydrogen-bond donors (Lipinski definition) is 1. The van der Waals surface area contributed by atoms with Gasteiger partial charge in [0.15, 0.2) is 5.11 Å². The first-order chi connectivity index (χ1) is 8.75. The van der Waals surface area contributed by atoms with Gasteiger partial charge in [-0.15, -0.1) is 0 Å². The standard InChI is InChI=1S/C14H20N2OS/c1-16(10-12-6-5-9-17-11-12)14(18)15-13-7-3-2-4-8-13/h2-4,7-8,12H,5-6,9-11H2,1H3,(H,15,18). The molecule has 4 heteroatoms. The van der Waals surface area contributed by atoms with E-state index < -0.39 is 0 Å². The van der Waals surface area contributed by atoms with Gasteiger partial charge in [0.25, 0.3) is 0 Å². The molecule has 0 bridgehead atoms. The van der Waals surface area contributed by atoms with E-state index in [9.17, 15) is 0 Å². The van der Waals surface area contributed by atoms with Gasteiger partial charge in [0.1, 0.15) is 0 Å². The number of thiocarbonyl (C=S) groups is 1. The SMILES string of the molecule is CN(CC1CCCOC1)C(=S)Nc1ccccc1. The zero-order valence-corrected chi connectivity index (χ0v) is 11.6. The van der Waals surface area contributed by atoms with Crippen LogP contribution in [0.25, 0.3) is 0 Å². The largest absolute Gasteiger partial charge is 0.381 e. The molecule has 0 saturated carbocycles.